The summed E-state index contributed by atoms with van der Waals surface area (Å²) in [4.78, 5) is 2.51. The van der Waals surface area contributed by atoms with Crippen molar-refractivity contribution in [2.45, 2.75) is 5.41 Å². The largest absolute Gasteiger partial charge is 0.310 e. The molecule has 13 aromatic carbocycles. The fraction of sp³-hybridized carbons (Fsp3) is 0.0133. The number of hydrogen-bond acceptors (Lipinski definition) is 1. The number of anilines is 3. The predicted molar refractivity (Wildman–Crippen MR) is 321 cm³/mol. The van der Waals surface area contributed by atoms with Crippen molar-refractivity contribution in [1.29, 1.82) is 0 Å². The molecule has 0 N–H and O–H groups in total. The molecule has 0 aromatic heterocycles. The number of nitrogens with zero attached hydrogens (tertiary/aromatic N) is 1. The number of fused-ring (bicyclic) bond motifs is 6. The second-order valence-electron chi connectivity index (χ2n) is 19.9. The Morgan fingerprint density at radius 2 is 0.658 bits per heavy atom. The van der Waals surface area contributed by atoms with Crippen LogP contribution in [0.15, 0.2) is 309 Å². The maximum atomic E-state index is 2.51. The highest BCUT2D eigenvalue weighted by Gasteiger charge is 2.46. The Bertz CT molecular complexity index is 4210. The minimum atomic E-state index is -0.576. The molecule has 1 aliphatic carbocycles. The van der Waals surface area contributed by atoms with Gasteiger partial charge in [-0.05, 0) is 141 Å². The first-order valence-electron chi connectivity index (χ1n) is 26.3. The van der Waals surface area contributed by atoms with E-state index in [1.807, 2.05) is 0 Å². The van der Waals surface area contributed by atoms with Crippen molar-refractivity contribution in [1.82, 2.24) is 0 Å². The predicted octanol–water partition coefficient (Wildman–Crippen LogP) is 20.2. The lowest BCUT2D eigenvalue weighted by molar-refractivity contribution is 0.768. The lowest BCUT2D eigenvalue weighted by atomic mass is 9.67. The molecule has 0 saturated carbocycles. The van der Waals surface area contributed by atoms with Gasteiger partial charge in [0.2, 0.25) is 0 Å². The summed E-state index contributed by atoms with van der Waals surface area (Å²) in [6.45, 7) is 0. The Hall–Kier alpha value is -9.82. The van der Waals surface area contributed by atoms with Crippen molar-refractivity contribution in [2.24, 2.45) is 0 Å². The molecule has 0 aliphatic heterocycles. The van der Waals surface area contributed by atoms with Crippen molar-refractivity contribution < 1.29 is 0 Å². The van der Waals surface area contributed by atoms with Crippen LogP contribution < -0.4 is 4.90 Å². The summed E-state index contributed by atoms with van der Waals surface area (Å²) in [5.41, 5.74) is 22.0. The van der Waals surface area contributed by atoms with Crippen LogP contribution in [0, 0.1) is 0 Å². The maximum Gasteiger partial charge on any atom is 0.0714 e. The van der Waals surface area contributed by atoms with Gasteiger partial charge < -0.3 is 4.90 Å². The van der Waals surface area contributed by atoms with Gasteiger partial charge in [0.15, 0.2) is 0 Å². The molecule has 0 saturated heterocycles. The van der Waals surface area contributed by atoms with E-state index in [0.717, 1.165) is 33.8 Å². The molecule has 0 spiro atoms. The zero-order chi connectivity index (χ0) is 50.4. The van der Waals surface area contributed by atoms with Crippen molar-refractivity contribution in [3.63, 3.8) is 0 Å². The molecule has 1 aliphatic rings. The van der Waals surface area contributed by atoms with Crippen LogP contribution in [0.3, 0.4) is 0 Å². The van der Waals surface area contributed by atoms with Gasteiger partial charge >= 0.3 is 0 Å². The van der Waals surface area contributed by atoms with E-state index < -0.39 is 5.41 Å². The van der Waals surface area contributed by atoms with Gasteiger partial charge in [0, 0.05) is 16.9 Å². The van der Waals surface area contributed by atoms with Gasteiger partial charge in [-0.2, -0.15) is 0 Å². The minimum absolute atomic E-state index is 0.576. The van der Waals surface area contributed by atoms with Crippen LogP contribution in [-0.2, 0) is 5.41 Å². The van der Waals surface area contributed by atoms with E-state index in [4.69, 9.17) is 0 Å². The average molecular weight is 966 g/mol. The molecule has 1 nitrogen and oxygen atoms in total. The van der Waals surface area contributed by atoms with Gasteiger partial charge in [-0.25, -0.2) is 0 Å². The van der Waals surface area contributed by atoms with Crippen molar-refractivity contribution >= 4 is 38.6 Å². The molecule has 14 rings (SSSR count). The first-order chi connectivity index (χ1) is 37.7. The molecule has 1 heteroatoms. The second-order valence-corrected chi connectivity index (χ2v) is 19.9. The Morgan fingerprint density at radius 1 is 0.224 bits per heavy atom. The van der Waals surface area contributed by atoms with Crippen LogP contribution in [0.2, 0.25) is 0 Å². The Labute approximate surface area is 444 Å². The first kappa shape index (κ1) is 44.8. The quantitative estimate of drug-likeness (QED) is 0.123. The summed E-state index contributed by atoms with van der Waals surface area (Å²) >= 11 is 0. The summed E-state index contributed by atoms with van der Waals surface area (Å²) in [6, 6.07) is 114. The molecule has 0 amide bonds. The van der Waals surface area contributed by atoms with Crippen LogP contribution in [0.5, 0.6) is 0 Å². The highest BCUT2D eigenvalue weighted by atomic mass is 15.1. The van der Waals surface area contributed by atoms with Crippen LogP contribution in [0.4, 0.5) is 17.1 Å². The minimum Gasteiger partial charge on any atom is -0.310 e. The van der Waals surface area contributed by atoms with E-state index in [2.05, 4.69) is 314 Å². The van der Waals surface area contributed by atoms with Gasteiger partial charge in [-0.3, -0.25) is 0 Å². The summed E-state index contributed by atoms with van der Waals surface area (Å²) in [7, 11) is 0. The summed E-state index contributed by atoms with van der Waals surface area (Å²) in [5, 5.41) is 4.93. The zero-order valence-electron chi connectivity index (χ0n) is 41.9. The fourth-order valence-electron chi connectivity index (χ4n) is 12.5. The van der Waals surface area contributed by atoms with E-state index in [1.165, 1.54) is 93.9 Å². The number of para-hydroxylation sites is 1. The number of benzene rings is 13. The maximum absolute atomic E-state index is 2.51. The van der Waals surface area contributed by atoms with Gasteiger partial charge in [-0.15, -0.1) is 0 Å². The van der Waals surface area contributed by atoms with Crippen LogP contribution in [0.25, 0.3) is 88.3 Å². The molecule has 0 fully saturated rings. The molecule has 0 unspecified atom stereocenters. The van der Waals surface area contributed by atoms with Crippen LogP contribution in [-0.4, -0.2) is 0 Å². The summed E-state index contributed by atoms with van der Waals surface area (Å²) in [6.07, 6.45) is 0. The molecule has 0 radical (unpaired) electrons. The molecule has 356 valence electrons. The van der Waals surface area contributed by atoms with E-state index in [-0.39, 0.29) is 0 Å². The lowest BCUT2D eigenvalue weighted by Gasteiger charge is -2.35. The summed E-state index contributed by atoms with van der Waals surface area (Å²) < 4.78 is 0. The zero-order valence-corrected chi connectivity index (χ0v) is 41.9. The number of rotatable bonds is 10. The second kappa shape index (κ2) is 18.9. The Kier molecular flexibility index (Phi) is 11.2. The van der Waals surface area contributed by atoms with Crippen molar-refractivity contribution in [3.8, 4) is 66.8 Å². The fourth-order valence-corrected chi connectivity index (χ4v) is 12.5. The monoisotopic (exact) mass is 965 g/mol. The third kappa shape index (κ3) is 7.39. The lowest BCUT2D eigenvalue weighted by Crippen LogP contribution is -2.28. The van der Waals surface area contributed by atoms with E-state index >= 15 is 0 Å². The standard InChI is InChI=1S/C75H51N/c1-7-25-52(26-8-1)61-47-44-59(50-68(61)53-27-9-2-10-28-53)76(60-45-48-66-65-39-21-23-41-70(65)75(71(66)51-60,57-33-15-5-16-34-57)58-35-17-6-18-36-58)72-42-24-22-37-62(72)56-43-46-64-63-38-19-20-40-67(63)73(54-29-11-3-12-30-54)74(69(64)49-56)55-31-13-4-14-32-55/h1-51H. The molecule has 76 heavy (non-hydrogen) atoms. The van der Waals surface area contributed by atoms with E-state index in [0.29, 0.717) is 0 Å². The molecular formula is C75H51N. The number of hydrogen-bond donors (Lipinski definition) is 0. The topological polar surface area (TPSA) is 3.24 Å². The van der Waals surface area contributed by atoms with Crippen molar-refractivity contribution in [2.75, 3.05) is 4.90 Å². The molecule has 13 aromatic rings. The third-order valence-corrected chi connectivity index (χ3v) is 15.7. The van der Waals surface area contributed by atoms with Gasteiger partial charge in [0.1, 0.15) is 0 Å². The molecule has 0 atom stereocenters. The van der Waals surface area contributed by atoms with Crippen molar-refractivity contribution in [3.05, 3.63) is 332 Å². The van der Waals surface area contributed by atoms with Crippen LogP contribution >= 0.6 is 0 Å². The molecule has 0 bridgehead atoms. The Morgan fingerprint density at radius 3 is 1.28 bits per heavy atom. The molecule has 0 heterocycles. The van der Waals surface area contributed by atoms with Gasteiger partial charge in [0.05, 0.1) is 11.1 Å². The van der Waals surface area contributed by atoms with E-state index in [9.17, 15) is 0 Å². The van der Waals surface area contributed by atoms with E-state index in [1.54, 1.807) is 0 Å². The summed E-state index contributed by atoms with van der Waals surface area (Å²) in [5.74, 6) is 0. The smallest absolute Gasteiger partial charge is 0.0714 e. The highest BCUT2D eigenvalue weighted by molar-refractivity contribution is 6.22. The average Bonchev–Trinajstić information content (AvgIpc) is 3.99. The third-order valence-electron chi connectivity index (χ3n) is 15.7. The highest BCUT2D eigenvalue weighted by Crippen LogP contribution is 2.58. The SMILES string of the molecule is c1ccc(-c2ccc(N(c3ccc4c(c3)C(c3ccccc3)(c3ccccc3)c3ccccc3-4)c3ccccc3-c3ccc4c(c3)c(-c3ccccc3)c(-c3ccccc3)c3ccccc34)cc2-c2ccccc2)cc1. The first-order valence-corrected chi connectivity index (χ1v) is 26.3. The van der Waals surface area contributed by atoms with Crippen LogP contribution in [0.1, 0.15) is 22.3 Å². The molecular weight excluding hydrogens is 915 g/mol. The van der Waals surface area contributed by atoms with Gasteiger partial charge in [0.25, 0.3) is 0 Å². The van der Waals surface area contributed by atoms with Gasteiger partial charge in [-0.1, -0.05) is 273 Å². The normalized spacial score (nSPS) is 12.3. The Balaban J connectivity index is 1.06.